The first-order valence-corrected chi connectivity index (χ1v) is 8.72. The van der Waals surface area contributed by atoms with Gasteiger partial charge < -0.3 is 13.9 Å². The van der Waals surface area contributed by atoms with Gasteiger partial charge in [-0.25, -0.2) is 14.8 Å². The zero-order valence-electron chi connectivity index (χ0n) is 13.8. The topological polar surface area (TPSA) is 74.5 Å². The van der Waals surface area contributed by atoms with Gasteiger partial charge in [0.15, 0.2) is 17.9 Å². The summed E-state index contributed by atoms with van der Waals surface area (Å²) in [6.07, 6.45) is 0. The van der Waals surface area contributed by atoms with Gasteiger partial charge in [0.1, 0.15) is 16.3 Å². The molecule has 26 heavy (non-hydrogen) atoms. The van der Waals surface area contributed by atoms with E-state index < -0.39 is 5.97 Å². The third-order valence-corrected chi connectivity index (χ3v) is 4.61. The Kier molecular flexibility index (Phi) is 4.37. The van der Waals surface area contributed by atoms with Crippen LogP contribution in [0.25, 0.3) is 21.7 Å². The number of rotatable bonds is 5. The predicted octanol–water partition coefficient (Wildman–Crippen LogP) is 4.32. The fourth-order valence-electron chi connectivity index (χ4n) is 2.42. The number of ether oxygens (including phenoxy) is 2. The SMILES string of the molecule is COc1ccc(-c2nc(C(=O)OCc3nc4ccccc4o3)cs2)cc1. The number of aromatic nitrogens is 2. The minimum Gasteiger partial charge on any atom is -0.497 e. The second kappa shape index (κ2) is 6.97. The van der Waals surface area contributed by atoms with Gasteiger partial charge in [-0.2, -0.15) is 0 Å². The van der Waals surface area contributed by atoms with Crippen LogP contribution in [0.4, 0.5) is 0 Å². The first kappa shape index (κ1) is 16.3. The van der Waals surface area contributed by atoms with Gasteiger partial charge in [0.25, 0.3) is 0 Å². The highest BCUT2D eigenvalue weighted by Crippen LogP contribution is 2.26. The van der Waals surface area contributed by atoms with Gasteiger partial charge in [-0.15, -0.1) is 11.3 Å². The van der Waals surface area contributed by atoms with Crippen LogP contribution < -0.4 is 4.74 Å². The van der Waals surface area contributed by atoms with Crippen LogP contribution in [0.2, 0.25) is 0 Å². The fourth-order valence-corrected chi connectivity index (χ4v) is 3.21. The minimum atomic E-state index is -0.511. The molecule has 7 heteroatoms. The van der Waals surface area contributed by atoms with E-state index in [0.717, 1.165) is 21.8 Å². The van der Waals surface area contributed by atoms with Gasteiger partial charge in [0.05, 0.1) is 7.11 Å². The van der Waals surface area contributed by atoms with Crippen LogP contribution in [0.1, 0.15) is 16.4 Å². The lowest BCUT2D eigenvalue weighted by molar-refractivity contribution is 0.0434. The maximum absolute atomic E-state index is 12.2. The Hall–Kier alpha value is -3.19. The van der Waals surface area contributed by atoms with Crippen molar-refractivity contribution in [3.8, 4) is 16.3 Å². The molecule has 2 aromatic carbocycles. The van der Waals surface area contributed by atoms with Gasteiger partial charge in [-0.3, -0.25) is 0 Å². The summed E-state index contributed by atoms with van der Waals surface area (Å²) in [7, 11) is 1.61. The Labute approximate surface area is 153 Å². The molecule has 130 valence electrons. The number of hydrogen-bond acceptors (Lipinski definition) is 7. The van der Waals surface area contributed by atoms with Crippen molar-refractivity contribution in [3.05, 3.63) is 65.5 Å². The molecule has 2 aromatic heterocycles. The van der Waals surface area contributed by atoms with E-state index in [4.69, 9.17) is 13.9 Å². The molecule has 0 radical (unpaired) electrons. The number of thiazole rings is 1. The van der Waals surface area contributed by atoms with Crippen LogP contribution in [0.15, 0.2) is 58.3 Å². The number of carbonyl (C=O) groups is 1. The summed E-state index contributed by atoms with van der Waals surface area (Å²) in [4.78, 5) is 20.8. The quantitative estimate of drug-likeness (QED) is 0.490. The normalized spacial score (nSPS) is 10.8. The number of esters is 1. The molecule has 0 aliphatic carbocycles. The minimum absolute atomic E-state index is 0.0388. The third kappa shape index (κ3) is 3.29. The first-order valence-electron chi connectivity index (χ1n) is 7.84. The Balaban J connectivity index is 1.44. The molecule has 0 aliphatic heterocycles. The first-order chi connectivity index (χ1) is 12.7. The number of carbonyl (C=O) groups excluding carboxylic acids is 1. The standard InChI is InChI=1S/C19H14N2O4S/c1-23-13-8-6-12(7-9-13)18-21-15(11-26-18)19(22)24-10-17-20-14-4-2-3-5-16(14)25-17/h2-9,11H,10H2,1H3. The van der Waals surface area contributed by atoms with Gasteiger partial charge in [-0.05, 0) is 36.4 Å². The lowest BCUT2D eigenvalue weighted by Gasteiger charge is -2.00. The Morgan fingerprint density at radius 1 is 1.12 bits per heavy atom. The number of nitrogens with zero attached hydrogens (tertiary/aromatic N) is 2. The number of oxazole rings is 1. The number of hydrogen-bond donors (Lipinski definition) is 0. The Bertz CT molecular complexity index is 1020. The largest absolute Gasteiger partial charge is 0.497 e. The van der Waals surface area contributed by atoms with Crippen molar-refractivity contribution in [1.29, 1.82) is 0 Å². The lowest BCUT2D eigenvalue weighted by Crippen LogP contribution is -2.05. The average molecular weight is 366 g/mol. The van der Waals surface area contributed by atoms with Gasteiger partial charge in [-0.1, -0.05) is 12.1 Å². The van der Waals surface area contributed by atoms with Crippen molar-refractivity contribution in [2.24, 2.45) is 0 Å². The van der Waals surface area contributed by atoms with Crippen molar-refractivity contribution in [1.82, 2.24) is 9.97 Å². The Morgan fingerprint density at radius 2 is 1.92 bits per heavy atom. The number of methoxy groups -OCH3 is 1. The zero-order valence-corrected chi connectivity index (χ0v) is 14.7. The molecular weight excluding hydrogens is 352 g/mol. The summed E-state index contributed by atoms with van der Waals surface area (Å²) in [5.41, 5.74) is 2.56. The highest BCUT2D eigenvalue weighted by molar-refractivity contribution is 7.13. The zero-order chi connectivity index (χ0) is 17.9. The van der Waals surface area contributed by atoms with Crippen molar-refractivity contribution >= 4 is 28.4 Å². The van der Waals surface area contributed by atoms with Crippen LogP contribution in [0.5, 0.6) is 5.75 Å². The molecule has 0 amide bonds. The van der Waals surface area contributed by atoms with Crippen molar-refractivity contribution in [2.75, 3.05) is 7.11 Å². The lowest BCUT2D eigenvalue weighted by atomic mass is 10.2. The fraction of sp³-hybridized carbons (Fsp3) is 0.105. The monoisotopic (exact) mass is 366 g/mol. The predicted molar refractivity (Wildman–Crippen MR) is 97.2 cm³/mol. The van der Waals surface area contributed by atoms with E-state index in [-0.39, 0.29) is 12.3 Å². The van der Waals surface area contributed by atoms with Crippen LogP contribution >= 0.6 is 11.3 Å². The van der Waals surface area contributed by atoms with Crippen molar-refractivity contribution in [2.45, 2.75) is 6.61 Å². The Morgan fingerprint density at radius 3 is 2.69 bits per heavy atom. The molecule has 0 spiro atoms. The van der Waals surface area contributed by atoms with E-state index in [1.54, 1.807) is 12.5 Å². The molecular formula is C19H14N2O4S. The smallest absolute Gasteiger partial charge is 0.358 e. The van der Waals surface area contributed by atoms with Crippen molar-refractivity contribution in [3.63, 3.8) is 0 Å². The molecule has 0 atom stereocenters. The van der Waals surface area contributed by atoms with E-state index in [2.05, 4.69) is 9.97 Å². The van der Waals surface area contributed by atoms with E-state index in [9.17, 15) is 4.79 Å². The van der Waals surface area contributed by atoms with Gasteiger partial charge in [0.2, 0.25) is 5.89 Å². The highest BCUT2D eigenvalue weighted by Gasteiger charge is 2.15. The molecule has 0 saturated carbocycles. The van der Waals surface area contributed by atoms with Crippen LogP contribution in [-0.4, -0.2) is 23.0 Å². The van der Waals surface area contributed by atoms with Gasteiger partial charge >= 0.3 is 5.97 Å². The van der Waals surface area contributed by atoms with Crippen LogP contribution in [0.3, 0.4) is 0 Å². The molecule has 0 aliphatic rings. The maximum atomic E-state index is 12.2. The molecule has 2 heterocycles. The van der Waals surface area contributed by atoms with E-state index in [1.165, 1.54) is 11.3 Å². The van der Waals surface area contributed by atoms with E-state index >= 15 is 0 Å². The molecule has 0 saturated heterocycles. The molecule has 0 unspecified atom stereocenters. The third-order valence-electron chi connectivity index (χ3n) is 3.72. The molecule has 0 bridgehead atoms. The average Bonchev–Trinajstić information content (AvgIpc) is 3.33. The highest BCUT2D eigenvalue weighted by atomic mass is 32.1. The number of benzene rings is 2. The summed E-state index contributed by atoms with van der Waals surface area (Å²) in [5, 5.41) is 2.41. The second-order valence-corrected chi connectivity index (χ2v) is 6.28. The number of para-hydroxylation sites is 2. The summed E-state index contributed by atoms with van der Waals surface area (Å²) < 4.78 is 15.9. The number of fused-ring (bicyclic) bond motifs is 1. The summed E-state index contributed by atoms with van der Waals surface area (Å²) in [5.74, 6) is 0.608. The maximum Gasteiger partial charge on any atom is 0.358 e. The molecule has 0 N–H and O–H groups in total. The summed E-state index contributed by atoms with van der Waals surface area (Å²) in [6.45, 7) is -0.0388. The van der Waals surface area contributed by atoms with Crippen molar-refractivity contribution < 1.29 is 18.7 Å². The van der Waals surface area contributed by atoms with Gasteiger partial charge in [0, 0.05) is 10.9 Å². The second-order valence-electron chi connectivity index (χ2n) is 5.42. The molecule has 0 fully saturated rings. The summed E-state index contributed by atoms with van der Waals surface area (Å²) >= 11 is 1.38. The summed E-state index contributed by atoms with van der Waals surface area (Å²) in [6, 6.07) is 14.9. The van der Waals surface area contributed by atoms with E-state index in [1.807, 2.05) is 48.5 Å². The molecule has 4 rings (SSSR count). The van der Waals surface area contributed by atoms with Crippen LogP contribution in [-0.2, 0) is 11.3 Å². The van der Waals surface area contributed by atoms with E-state index in [0.29, 0.717) is 11.5 Å². The molecule has 4 aromatic rings. The van der Waals surface area contributed by atoms with Crippen LogP contribution in [0, 0.1) is 0 Å². The molecule has 6 nitrogen and oxygen atoms in total.